The van der Waals surface area contributed by atoms with E-state index in [0.717, 1.165) is 11.0 Å². The summed E-state index contributed by atoms with van der Waals surface area (Å²) in [4.78, 5) is 1.16. The lowest BCUT2D eigenvalue weighted by atomic mass is 10.0. The number of hydrogen-bond acceptors (Lipinski definition) is 2. The molecule has 112 valence electrons. The van der Waals surface area contributed by atoms with Crippen LogP contribution in [0.1, 0.15) is 11.6 Å². The van der Waals surface area contributed by atoms with Crippen molar-refractivity contribution in [1.82, 2.24) is 10.2 Å². The summed E-state index contributed by atoms with van der Waals surface area (Å²) in [5, 5.41) is 2.31. The zero-order valence-corrected chi connectivity index (χ0v) is 11.8. The molecule has 0 saturated carbocycles. The highest BCUT2D eigenvalue weighted by atomic mass is 35.5. The molecule has 0 amide bonds. The van der Waals surface area contributed by atoms with Gasteiger partial charge in [0.15, 0.2) is 0 Å². The first-order chi connectivity index (χ1) is 9.32. The summed E-state index contributed by atoms with van der Waals surface area (Å²) in [5.74, 6) is -1.11. The molecule has 1 heterocycles. The number of hydrogen-bond donors (Lipinski definition) is 1. The Bertz CT molecular complexity index is 487. The molecule has 2 nitrogen and oxygen atoms in total. The van der Waals surface area contributed by atoms with Crippen LogP contribution < -0.4 is 5.32 Å². The maximum Gasteiger partial charge on any atom is 0.408 e. The second-order valence-electron chi connectivity index (χ2n) is 4.49. The second-order valence-corrected chi connectivity index (χ2v) is 5.30. The molecule has 1 N–H and O–H groups in total. The summed E-state index contributed by atoms with van der Waals surface area (Å²) in [6, 6.07) is 0.243. The van der Waals surface area contributed by atoms with Gasteiger partial charge >= 0.3 is 6.18 Å². The van der Waals surface area contributed by atoms with Crippen molar-refractivity contribution in [3.8, 4) is 0 Å². The highest BCUT2D eigenvalue weighted by Gasteiger charge is 2.47. The van der Waals surface area contributed by atoms with Crippen LogP contribution in [0.5, 0.6) is 0 Å². The first kappa shape index (κ1) is 15.8. The third-order valence-electron chi connectivity index (χ3n) is 3.18. The van der Waals surface area contributed by atoms with Crippen molar-refractivity contribution in [3.05, 3.63) is 33.6 Å². The molecule has 1 aliphatic heterocycles. The molecule has 1 aromatic rings. The number of nitrogens with zero attached hydrogens (tertiary/aromatic N) is 1. The van der Waals surface area contributed by atoms with Gasteiger partial charge in [-0.3, -0.25) is 4.90 Å². The quantitative estimate of drug-likeness (QED) is 0.658. The molecule has 0 unspecified atom stereocenters. The van der Waals surface area contributed by atoms with Gasteiger partial charge in [-0.1, -0.05) is 23.2 Å². The van der Waals surface area contributed by atoms with E-state index in [-0.39, 0.29) is 23.1 Å². The fourth-order valence-corrected chi connectivity index (χ4v) is 2.70. The standard InChI is InChI=1S/C12H12Cl2F4N2/c13-7-1-2-8(14)10(15)9(7)11(12(16,17)18)20-5-3-19-4-6-20/h1-2,11,19H,3-6H2/t11-/m0/s1. The number of nitrogens with one attached hydrogen (secondary N) is 1. The normalized spacial score (nSPS) is 19.1. The summed E-state index contributed by atoms with van der Waals surface area (Å²) in [6.07, 6.45) is -4.63. The van der Waals surface area contributed by atoms with Gasteiger partial charge in [-0.25, -0.2) is 4.39 Å². The number of rotatable bonds is 2. The van der Waals surface area contributed by atoms with Crippen LogP contribution >= 0.6 is 23.2 Å². The topological polar surface area (TPSA) is 15.3 Å². The molecule has 0 radical (unpaired) electrons. The van der Waals surface area contributed by atoms with Crippen LogP contribution in [0.3, 0.4) is 0 Å². The van der Waals surface area contributed by atoms with Crippen molar-refractivity contribution in [2.24, 2.45) is 0 Å². The van der Waals surface area contributed by atoms with Gasteiger partial charge in [-0.15, -0.1) is 0 Å². The molecule has 1 aliphatic rings. The lowest BCUT2D eigenvalue weighted by Crippen LogP contribution is -2.49. The fraction of sp³-hybridized carbons (Fsp3) is 0.500. The van der Waals surface area contributed by atoms with Gasteiger partial charge in [0.1, 0.15) is 11.9 Å². The first-order valence-corrected chi connectivity index (χ1v) is 6.73. The van der Waals surface area contributed by atoms with Crippen LogP contribution in [-0.2, 0) is 0 Å². The third kappa shape index (κ3) is 3.19. The number of alkyl halides is 3. The average Bonchev–Trinajstić information content (AvgIpc) is 2.39. The highest BCUT2D eigenvalue weighted by Crippen LogP contribution is 2.43. The van der Waals surface area contributed by atoms with Crippen molar-refractivity contribution in [3.63, 3.8) is 0 Å². The Morgan fingerprint density at radius 2 is 1.65 bits per heavy atom. The minimum Gasteiger partial charge on any atom is -0.314 e. The molecule has 8 heteroatoms. The van der Waals surface area contributed by atoms with Crippen LogP contribution in [-0.4, -0.2) is 37.3 Å². The van der Waals surface area contributed by atoms with Crippen LogP contribution in [0.4, 0.5) is 17.6 Å². The molecular weight excluding hydrogens is 319 g/mol. The highest BCUT2D eigenvalue weighted by molar-refractivity contribution is 6.33. The molecule has 0 aliphatic carbocycles. The van der Waals surface area contributed by atoms with Gasteiger partial charge in [0.2, 0.25) is 0 Å². The van der Waals surface area contributed by atoms with Gasteiger partial charge in [0, 0.05) is 36.8 Å². The number of halogens is 6. The first-order valence-electron chi connectivity index (χ1n) is 5.97. The number of benzene rings is 1. The summed E-state index contributed by atoms with van der Waals surface area (Å²) < 4.78 is 54.1. The fourth-order valence-electron chi connectivity index (χ4n) is 2.29. The van der Waals surface area contributed by atoms with Crippen LogP contribution in [0.2, 0.25) is 10.0 Å². The summed E-state index contributed by atoms with van der Waals surface area (Å²) in [5.41, 5.74) is -0.603. The van der Waals surface area contributed by atoms with E-state index in [1.54, 1.807) is 0 Å². The van der Waals surface area contributed by atoms with E-state index >= 15 is 0 Å². The van der Waals surface area contributed by atoms with E-state index in [9.17, 15) is 17.6 Å². The lowest BCUT2D eigenvalue weighted by molar-refractivity contribution is -0.188. The van der Waals surface area contributed by atoms with Crippen molar-refractivity contribution in [2.75, 3.05) is 26.2 Å². The smallest absolute Gasteiger partial charge is 0.314 e. The van der Waals surface area contributed by atoms with Crippen molar-refractivity contribution < 1.29 is 17.6 Å². The molecule has 1 fully saturated rings. The Balaban J connectivity index is 2.49. The van der Waals surface area contributed by atoms with Crippen LogP contribution in [0.25, 0.3) is 0 Å². The van der Waals surface area contributed by atoms with Crippen LogP contribution in [0.15, 0.2) is 12.1 Å². The number of piperazine rings is 1. The minimum absolute atomic E-state index is 0.159. The molecule has 20 heavy (non-hydrogen) atoms. The zero-order valence-electron chi connectivity index (χ0n) is 10.3. The molecular formula is C12H12Cl2F4N2. The maximum absolute atomic E-state index is 14.0. The molecule has 0 spiro atoms. The third-order valence-corrected chi connectivity index (χ3v) is 3.80. The SMILES string of the molecule is Fc1c(Cl)ccc(Cl)c1[C@H](N1CCNCC1)C(F)(F)F. The summed E-state index contributed by atoms with van der Waals surface area (Å²) in [6.45, 7) is 1.14. The molecule has 0 aromatic heterocycles. The summed E-state index contributed by atoms with van der Waals surface area (Å²) >= 11 is 11.4. The van der Waals surface area contributed by atoms with E-state index < -0.39 is 23.6 Å². The van der Waals surface area contributed by atoms with Crippen LogP contribution in [0, 0.1) is 5.82 Å². The van der Waals surface area contributed by atoms with E-state index in [0.29, 0.717) is 13.1 Å². The second kappa shape index (κ2) is 6.05. The predicted octanol–water partition coefficient (Wildman–Crippen LogP) is 3.64. The van der Waals surface area contributed by atoms with Gasteiger partial charge < -0.3 is 5.32 Å². The lowest BCUT2D eigenvalue weighted by Gasteiger charge is -2.36. The molecule has 1 aromatic carbocycles. The van der Waals surface area contributed by atoms with E-state index in [2.05, 4.69) is 5.32 Å². The largest absolute Gasteiger partial charge is 0.408 e. The van der Waals surface area contributed by atoms with Crippen molar-refractivity contribution in [1.29, 1.82) is 0 Å². The Morgan fingerprint density at radius 3 is 2.20 bits per heavy atom. The molecule has 1 saturated heterocycles. The molecule has 0 bridgehead atoms. The van der Waals surface area contributed by atoms with Gasteiger partial charge in [0.25, 0.3) is 0 Å². The summed E-state index contributed by atoms with van der Waals surface area (Å²) in [7, 11) is 0. The van der Waals surface area contributed by atoms with E-state index in [1.165, 1.54) is 6.07 Å². The molecule has 2 rings (SSSR count). The van der Waals surface area contributed by atoms with E-state index in [4.69, 9.17) is 23.2 Å². The Kier molecular flexibility index (Phi) is 4.79. The Labute approximate surface area is 123 Å². The molecule has 1 atom stereocenters. The van der Waals surface area contributed by atoms with Gasteiger partial charge in [-0.05, 0) is 12.1 Å². The predicted molar refractivity (Wildman–Crippen MR) is 69.7 cm³/mol. The van der Waals surface area contributed by atoms with Gasteiger partial charge in [-0.2, -0.15) is 13.2 Å². The van der Waals surface area contributed by atoms with Crippen molar-refractivity contribution in [2.45, 2.75) is 12.2 Å². The maximum atomic E-state index is 14.0. The zero-order chi connectivity index (χ0) is 14.9. The average molecular weight is 331 g/mol. The minimum atomic E-state index is -4.63. The van der Waals surface area contributed by atoms with Gasteiger partial charge in [0.05, 0.1) is 5.02 Å². The van der Waals surface area contributed by atoms with E-state index in [1.807, 2.05) is 0 Å². The Morgan fingerprint density at radius 1 is 1.10 bits per heavy atom. The monoisotopic (exact) mass is 330 g/mol. The Hall–Kier alpha value is -0.560. The van der Waals surface area contributed by atoms with Crippen molar-refractivity contribution >= 4 is 23.2 Å².